The van der Waals surface area contributed by atoms with Gasteiger partial charge in [0.1, 0.15) is 11.4 Å². The van der Waals surface area contributed by atoms with Gasteiger partial charge < -0.3 is 18.9 Å². The molecule has 0 aliphatic carbocycles. The second-order valence-corrected chi connectivity index (χ2v) is 8.36. The fraction of sp³-hybridized carbons (Fsp3) is 0.286. The lowest BCUT2D eigenvalue weighted by atomic mass is 10.2. The molecular weight excluding hydrogens is 576 g/mol. The summed E-state index contributed by atoms with van der Waals surface area (Å²) in [5, 5.41) is 15.7. The van der Waals surface area contributed by atoms with Crippen molar-refractivity contribution in [1.29, 1.82) is 0 Å². The Kier molecular flexibility index (Phi) is 10.2. The normalized spacial score (nSPS) is 10.5. The van der Waals surface area contributed by atoms with Crippen molar-refractivity contribution in [2.75, 3.05) is 26.4 Å². The van der Waals surface area contributed by atoms with E-state index in [1.54, 1.807) is 64.1 Å². The highest BCUT2D eigenvalue weighted by Crippen LogP contribution is 2.23. The van der Waals surface area contributed by atoms with Crippen molar-refractivity contribution in [2.24, 2.45) is 0 Å². The van der Waals surface area contributed by atoms with Crippen molar-refractivity contribution < 1.29 is 38.1 Å². The molecule has 226 valence electrons. The van der Waals surface area contributed by atoms with Crippen molar-refractivity contribution in [3.63, 3.8) is 0 Å². The SMILES string of the molecule is CCOC(=O)c1nnc(-c2cccc(-c3cccc(-c4nnc(C(=O)OCC)c(C(=O)OCC)n4)n3)n2)nc1C(=O)OCC. The monoisotopic (exact) mass is 602 g/mol. The third-order valence-electron chi connectivity index (χ3n) is 5.47. The van der Waals surface area contributed by atoms with Gasteiger partial charge in [0.05, 0.1) is 37.8 Å². The first-order valence-corrected chi connectivity index (χ1v) is 13.4. The Morgan fingerprint density at radius 1 is 0.455 bits per heavy atom. The molecule has 4 aromatic heterocycles. The highest BCUT2D eigenvalue weighted by molar-refractivity contribution is 6.01. The number of carbonyl (C=O) groups excluding carboxylic acids is 4. The van der Waals surface area contributed by atoms with Gasteiger partial charge in [0.25, 0.3) is 0 Å². The van der Waals surface area contributed by atoms with Crippen LogP contribution in [-0.4, -0.2) is 90.6 Å². The fourth-order valence-electron chi connectivity index (χ4n) is 3.63. The predicted octanol–water partition coefficient (Wildman–Crippen LogP) is 2.55. The molecular formula is C28H26N8O8. The summed E-state index contributed by atoms with van der Waals surface area (Å²) in [6.45, 7) is 6.63. The smallest absolute Gasteiger partial charge is 0.361 e. The maximum Gasteiger partial charge on any atom is 0.361 e. The summed E-state index contributed by atoms with van der Waals surface area (Å²) in [7, 11) is 0. The lowest BCUT2D eigenvalue weighted by molar-refractivity contribution is 0.0466. The molecule has 0 amide bonds. The summed E-state index contributed by atoms with van der Waals surface area (Å²) in [6, 6.07) is 9.80. The molecule has 0 radical (unpaired) electrons. The standard InChI is InChI=1S/C28H26N8O8/c1-5-41-25(37)19-21(27(39)43-7-3)33-35-23(31-19)17-13-9-11-15(29-17)16-12-10-14-18(30-16)24-32-20(26(38)42-6-2)22(34-36-24)28(40)44-8-4/h9-14H,5-8H2,1-4H3. The Morgan fingerprint density at radius 3 is 1.11 bits per heavy atom. The van der Waals surface area contributed by atoms with Crippen molar-refractivity contribution in [2.45, 2.75) is 27.7 Å². The van der Waals surface area contributed by atoms with Gasteiger partial charge in [-0.1, -0.05) is 12.1 Å². The van der Waals surface area contributed by atoms with Gasteiger partial charge in [0.15, 0.2) is 11.4 Å². The quantitative estimate of drug-likeness (QED) is 0.178. The van der Waals surface area contributed by atoms with E-state index in [2.05, 4.69) is 40.3 Å². The van der Waals surface area contributed by atoms with Crippen molar-refractivity contribution >= 4 is 23.9 Å². The largest absolute Gasteiger partial charge is 0.461 e. The van der Waals surface area contributed by atoms with E-state index in [4.69, 9.17) is 18.9 Å². The summed E-state index contributed by atoms with van der Waals surface area (Å²) in [6.07, 6.45) is 0. The van der Waals surface area contributed by atoms with Crippen LogP contribution in [0.3, 0.4) is 0 Å². The first kappa shape index (κ1) is 31.1. The molecule has 0 saturated heterocycles. The van der Waals surface area contributed by atoms with E-state index in [-0.39, 0.29) is 72.2 Å². The van der Waals surface area contributed by atoms with Crippen LogP contribution in [0.4, 0.5) is 0 Å². The number of rotatable bonds is 11. The summed E-state index contributed by atoms with van der Waals surface area (Å²) in [5.41, 5.74) is -0.349. The third kappa shape index (κ3) is 6.97. The van der Waals surface area contributed by atoms with Crippen LogP contribution in [0.2, 0.25) is 0 Å². The maximum atomic E-state index is 12.5. The van der Waals surface area contributed by atoms with Gasteiger partial charge in [-0.15, -0.1) is 20.4 Å². The summed E-state index contributed by atoms with van der Waals surface area (Å²) in [5.74, 6) is -3.60. The van der Waals surface area contributed by atoms with Gasteiger partial charge in [-0.2, -0.15) is 0 Å². The predicted molar refractivity (Wildman–Crippen MR) is 149 cm³/mol. The van der Waals surface area contributed by atoms with E-state index >= 15 is 0 Å². The number of pyridine rings is 2. The Bertz CT molecular complexity index is 1590. The Hall–Kier alpha value is -5.80. The van der Waals surface area contributed by atoms with E-state index in [0.717, 1.165) is 0 Å². The topological polar surface area (TPSA) is 208 Å². The van der Waals surface area contributed by atoms with Gasteiger partial charge in [-0.05, 0) is 52.0 Å². The molecule has 0 fully saturated rings. The molecule has 16 heteroatoms. The van der Waals surface area contributed by atoms with Gasteiger partial charge >= 0.3 is 23.9 Å². The average molecular weight is 603 g/mol. The van der Waals surface area contributed by atoms with Gasteiger partial charge in [-0.3, -0.25) is 0 Å². The Labute approximate surface area is 250 Å². The molecule has 44 heavy (non-hydrogen) atoms. The lowest BCUT2D eigenvalue weighted by Gasteiger charge is -2.09. The van der Waals surface area contributed by atoms with Crippen LogP contribution in [-0.2, 0) is 18.9 Å². The van der Waals surface area contributed by atoms with Gasteiger partial charge in [0.2, 0.25) is 23.0 Å². The minimum Gasteiger partial charge on any atom is -0.461 e. The maximum absolute atomic E-state index is 12.5. The number of hydrogen-bond acceptors (Lipinski definition) is 16. The lowest BCUT2D eigenvalue weighted by Crippen LogP contribution is -2.19. The summed E-state index contributed by atoms with van der Waals surface area (Å²) in [4.78, 5) is 67.2. The number of aromatic nitrogens is 8. The molecule has 16 nitrogen and oxygen atoms in total. The second-order valence-electron chi connectivity index (χ2n) is 8.36. The first-order chi connectivity index (χ1) is 21.3. The van der Waals surface area contributed by atoms with Gasteiger partial charge in [0, 0.05) is 0 Å². The molecule has 0 atom stereocenters. The number of ether oxygens (including phenoxy) is 4. The summed E-state index contributed by atoms with van der Waals surface area (Å²) < 4.78 is 20.0. The van der Waals surface area contributed by atoms with Crippen molar-refractivity contribution in [1.82, 2.24) is 40.3 Å². The Balaban J connectivity index is 1.72. The van der Waals surface area contributed by atoms with Crippen molar-refractivity contribution in [3.05, 3.63) is 59.2 Å². The first-order valence-electron chi connectivity index (χ1n) is 13.4. The molecule has 4 aromatic rings. The zero-order chi connectivity index (χ0) is 31.6. The molecule has 0 bridgehead atoms. The number of nitrogens with zero attached hydrogens (tertiary/aromatic N) is 8. The van der Waals surface area contributed by atoms with Crippen LogP contribution in [0, 0.1) is 0 Å². The fourth-order valence-corrected chi connectivity index (χ4v) is 3.63. The molecule has 4 rings (SSSR count). The number of hydrogen-bond donors (Lipinski definition) is 0. The zero-order valence-corrected chi connectivity index (χ0v) is 24.1. The molecule has 0 N–H and O–H groups in total. The molecule has 0 spiro atoms. The van der Waals surface area contributed by atoms with Crippen LogP contribution in [0.25, 0.3) is 34.4 Å². The molecule has 0 aromatic carbocycles. The number of esters is 4. The van der Waals surface area contributed by atoms with Crippen LogP contribution >= 0.6 is 0 Å². The van der Waals surface area contributed by atoms with E-state index in [0.29, 0.717) is 11.4 Å². The van der Waals surface area contributed by atoms with E-state index in [1.165, 1.54) is 0 Å². The van der Waals surface area contributed by atoms with Crippen LogP contribution < -0.4 is 0 Å². The molecule has 0 unspecified atom stereocenters. The van der Waals surface area contributed by atoms with Crippen molar-refractivity contribution in [3.8, 4) is 34.4 Å². The van der Waals surface area contributed by atoms with Crippen LogP contribution in [0.15, 0.2) is 36.4 Å². The second kappa shape index (κ2) is 14.4. The Morgan fingerprint density at radius 2 is 0.773 bits per heavy atom. The van der Waals surface area contributed by atoms with Crippen LogP contribution in [0.5, 0.6) is 0 Å². The summed E-state index contributed by atoms with van der Waals surface area (Å²) >= 11 is 0. The van der Waals surface area contributed by atoms with E-state index < -0.39 is 23.9 Å². The van der Waals surface area contributed by atoms with Gasteiger partial charge in [-0.25, -0.2) is 39.1 Å². The minimum atomic E-state index is -0.873. The highest BCUT2D eigenvalue weighted by atomic mass is 16.5. The molecule has 0 aliphatic heterocycles. The van der Waals surface area contributed by atoms with E-state index in [1.807, 2.05) is 0 Å². The minimum absolute atomic E-state index is 0.0439. The highest BCUT2D eigenvalue weighted by Gasteiger charge is 2.27. The zero-order valence-electron chi connectivity index (χ0n) is 24.1. The molecule has 4 heterocycles. The average Bonchev–Trinajstić information content (AvgIpc) is 3.04. The molecule has 0 aliphatic rings. The van der Waals surface area contributed by atoms with Crippen LogP contribution in [0.1, 0.15) is 69.6 Å². The van der Waals surface area contributed by atoms with E-state index in [9.17, 15) is 19.2 Å². The third-order valence-corrected chi connectivity index (χ3v) is 5.47. The number of carbonyl (C=O) groups is 4. The molecule has 0 saturated carbocycles.